The predicted molar refractivity (Wildman–Crippen MR) is 79.7 cm³/mol. The lowest BCUT2D eigenvalue weighted by atomic mass is 9.91. The number of aryl methyl sites for hydroxylation is 1. The second-order valence-electron chi connectivity index (χ2n) is 6.24. The molecule has 0 bridgehead atoms. The first-order chi connectivity index (χ1) is 11.8. The van der Waals surface area contributed by atoms with Crippen LogP contribution in [-0.4, -0.2) is 44.5 Å². The fraction of sp³-hybridized carbons (Fsp3) is 0.571. The first-order valence-corrected chi connectivity index (χ1v) is 7.66. The van der Waals surface area contributed by atoms with E-state index in [2.05, 4.69) is 20.6 Å². The summed E-state index contributed by atoms with van der Waals surface area (Å²) in [6.45, 7) is 2.63. The molecule has 1 saturated heterocycles. The normalized spacial score (nSPS) is 21.0. The third kappa shape index (κ3) is 3.59. The van der Waals surface area contributed by atoms with E-state index in [9.17, 15) is 18.0 Å². The lowest BCUT2D eigenvalue weighted by Gasteiger charge is -2.40. The Morgan fingerprint density at radius 3 is 2.80 bits per heavy atom. The van der Waals surface area contributed by atoms with Gasteiger partial charge in [-0.15, -0.1) is 5.10 Å². The molecule has 0 aromatic carbocycles. The predicted octanol–water partition coefficient (Wildman–Crippen LogP) is 1.67. The van der Waals surface area contributed by atoms with E-state index in [4.69, 9.17) is 4.42 Å². The summed E-state index contributed by atoms with van der Waals surface area (Å²) in [6.07, 6.45) is -1.50. The highest BCUT2D eigenvalue weighted by atomic mass is 19.3. The van der Waals surface area contributed by atoms with E-state index in [0.717, 1.165) is 10.7 Å². The number of carbonyl (C=O) groups is 1. The molecule has 11 heteroatoms. The molecular formula is C14H17F3N6O2. The van der Waals surface area contributed by atoms with Gasteiger partial charge in [0.25, 0.3) is 11.8 Å². The van der Waals surface area contributed by atoms with Crippen LogP contribution in [0.4, 0.5) is 19.2 Å². The molecule has 3 rings (SSSR count). The molecule has 2 aromatic rings. The third-order valence-corrected chi connectivity index (χ3v) is 4.05. The van der Waals surface area contributed by atoms with Crippen LogP contribution in [0.5, 0.6) is 0 Å². The van der Waals surface area contributed by atoms with Gasteiger partial charge in [0, 0.05) is 26.2 Å². The van der Waals surface area contributed by atoms with Crippen molar-refractivity contribution in [2.75, 3.05) is 18.0 Å². The van der Waals surface area contributed by atoms with Crippen LogP contribution in [0.3, 0.4) is 0 Å². The molecule has 25 heavy (non-hydrogen) atoms. The van der Waals surface area contributed by atoms with Crippen LogP contribution in [0.15, 0.2) is 10.5 Å². The molecule has 1 atom stereocenters. The highest BCUT2D eigenvalue weighted by Gasteiger charge is 2.35. The third-order valence-electron chi connectivity index (χ3n) is 4.05. The minimum Gasteiger partial charge on any atom is -0.402 e. The van der Waals surface area contributed by atoms with E-state index < -0.39 is 29.7 Å². The van der Waals surface area contributed by atoms with Crippen molar-refractivity contribution in [2.24, 2.45) is 7.05 Å². The summed E-state index contributed by atoms with van der Waals surface area (Å²) >= 11 is 0. The Morgan fingerprint density at radius 2 is 2.20 bits per heavy atom. The van der Waals surface area contributed by atoms with Gasteiger partial charge in [-0.05, 0) is 19.8 Å². The van der Waals surface area contributed by atoms with Gasteiger partial charge in [0.05, 0.1) is 5.54 Å². The molecule has 0 aliphatic carbocycles. The Kier molecular flexibility index (Phi) is 4.39. The molecule has 1 fully saturated rings. The summed E-state index contributed by atoms with van der Waals surface area (Å²) in [5.74, 6) is -1.87. The van der Waals surface area contributed by atoms with Crippen molar-refractivity contribution >= 4 is 11.9 Å². The maximum Gasteiger partial charge on any atom is 0.318 e. The topological polar surface area (TPSA) is 89.1 Å². The van der Waals surface area contributed by atoms with Gasteiger partial charge in [0.2, 0.25) is 5.95 Å². The number of nitrogens with zero attached hydrogens (tertiary/aromatic N) is 5. The van der Waals surface area contributed by atoms with Crippen molar-refractivity contribution in [3.8, 4) is 0 Å². The molecule has 1 aliphatic rings. The second kappa shape index (κ2) is 6.37. The van der Waals surface area contributed by atoms with E-state index in [1.807, 2.05) is 0 Å². The minimum absolute atomic E-state index is 0.0145. The standard InChI is InChI=1S/C14H17F3N6O2/c1-14(18-11(24)8-6-9(15)22(2)21-8)4-3-5-23(7-14)13-20-19-12(25-13)10(16)17/h6,10H,3-5,7H2,1-2H3,(H,18,24). The molecule has 1 amide bonds. The number of nitrogens with one attached hydrogen (secondary N) is 1. The van der Waals surface area contributed by atoms with Crippen LogP contribution in [0, 0.1) is 5.95 Å². The van der Waals surface area contributed by atoms with Gasteiger partial charge >= 0.3 is 12.4 Å². The SMILES string of the molecule is Cn1nc(C(=O)NC2(C)CCCN(c3nnc(C(F)F)o3)C2)cc1F. The Hall–Kier alpha value is -2.59. The van der Waals surface area contributed by atoms with Crippen LogP contribution < -0.4 is 10.2 Å². The first-order valence-electron chi connectivity index (χ1n) is 7.66. The summed E-state index contributed by atoms with van der Waals surface area (Å²) in [6, 6.07) is 1.03. The molecule has 3 heterocycles. The monoisotopic (exact) mass is 358 g/mol. The zero-order valence-electron chi connectivity index (χ0n) is 13.7. The molecule has 0 spiro atoms. The molecule has 1 N–H and O–H groups in total. The van der Waals surface area contributed by atoms with Gasteiger partial charge < -0.3 is 14.6 Å². The van der Waals surface area contributed by atoms with Crippen molar-refractivity contribution in [3.63, 3.8) is 0 Å². The van der Waals surface area contributed by atoms with E-state index in [1.165, 1.54) is 7.05 Å². The number of piperidine rings is 1. The molecule has 2 aromatic heterocycles. The molecule has 1 unspecified atom stereocenters. The summed E-state index contributed by atoms with van der Waals surface area (Å²) in [5, 5.41) is 13.6. The van der Waals surface area contributed by atoms with Gasteiger partial charge in [0.1, 0.15) is 0 Å². The summed E-state index contributed by atoms with van der Waals surface area (Å²) < 4.78 is 44.4. The van der Waals surface area contributed by atoms with E-state index in [-0.39, 0.29) is 11.7 Å². The molecule has 0 saturated carbocycles. The Bertz CT molecular complexity index is 757. The van der Waals surface area contributed by atoms with Crippen molar-refractivity contribution in [2.45, 2.75) is 31.7 Å². The van der Waals surface area contributed by atoms with E-state index in [0.29, 0.717) is 25.9 Å². The maximum atomic E-state index is 13.3. The molecular weight excluding hydrogens is 341 g/mol. The van der Waals surface area contributed by atoms with Gasteiger partial charge in [-0.2, -0.15) is 18.3 Å². The highest BCUT2D eigenvalue weighted by molar-refractivity contribution is 5.92. The van der Waals surface area contributed by atoms with E-state index >= 15 is 0 Å². The largest absolute Gasteiger partial charge is 0.402 e. The lowest BCUT2D eigenvalue weighted by molar-refractivity contribution is 0.0889. The van der Waals surface area contributed by atoms with Gasteiger partial charge in [-0.3, -0.25) is 4.79 Å². The number of carbonyl (C=O) groups excluding carboxylic acids is 1. The Balaban J connectivity index is 1.71. The number of amides is 1. The number of hydrogen-bond acceptors (Lipinski definition) is 6. The average Bonchev–Trinajstić information content (AvgIpc) is 3.15. The van der Waals surface area contributed by atoms with E-state index in [1.54, 1.807) is 11.8 Å². The van der Waals surface area contributed by atoms with Crippen LogP contribution in [0.2, 0.25) is 0 Å². The fourth-order valence-electron chi connectivity index (χ4n) is 2.84. The summed E-state index contributed by atoms with van der Waals surface area (Å²) in [7, 11) is 1.40. The molecule has 1 aliphatic heterocycles. The van der Waals surface area contributed by atoms with Crippen LogP contribution in [0.25, 0.3) is 0 Å². The van der Waals surface area contributed by atoms with Crippen molar-refractivity contribution in [3.05, 3.63) is 23.6 Å². The van der Waals surface area contributed by atoms with Crippen LogP contribution >= 0.6 is 0 Å². The highest BCUT2D eigenvalue weighted by Crippen LogP contribution is 2.27. The number of aromatic nitrogens is 4. The maximum absolute atomic E-state index is 13.3. The van der Waals surface area contributed by atoms with Crippen LogP contribution in [-0.2, 0) is 7.05 Å². The number of halogens is 3. The number of hydrogen-bond donors (Lipinski definition) is 1. The Morgan fingerprint density at radius 1 is 1.44 bits per heavy atom. The second-order valence-corrected chi connectivity index (χ2v) is 6.24. The molecule has 136 valence electrons. The number of alkyl halides is 2. The van der Waals surface area contributed by atoms with Crippen molar-refractivity contribution in [1.29, 1.82) is 0 Å². The average molecular weight is 358 g/mol. The first kappa shape index (κ1) is 17.2. The molecule has 8 nitrogen and oxygen atoms in total. The molecule has 0 radical (unpaired) electrons. The zero-order valence-corrected chi connectivity index (χ0v) is 13.7. The Labute approximate surface area is 141 Å². The lowest BCUT2D eigenvalue weighted by Crippen LogP contribution is -2.57. The number of rotatable bonds is 4. The smallest absolute Gasteiger partial charge is 0.318 e. The van der Waals surface area contributed by atoms with Gasteiger partial charge in [-0.25, -0.2) is 4.68 Å². The fourth-order valence-corrected chi connectivity index (χ4v) is 2.84. The minimum atomic E-state index is -2.84. The van der Waals surface area contributed by atoms with Gasteiger partial charge in [-0.1, -0.05) is 5.10 Å². The quantitative estimate of drug-likeness (QED) is 0.894. The summed E-state index contributed by atoms with van der Waals surface area (Å²) in [5.41, 5.74) is -0.709. The van der Waals surface area contributed by atoms with Gasteiger partial charge in [0.15, 0.2) is 5.69 Å². The summed E-state index contributed by atoms with van der Waals surface area (Å²) in [4.78, 5) is 13.9. The number of anilines is 1. The van der Waals surface area contributed by atoms with Crippen molar-refractivity contribution in [1.82, 2.24) is 25.3 Å². The zero-order chi connectivity index (χ0) is 18.2. The van der Waals surface area contributed by atoms with Crippen LogP contribution in [0.1, 0.15) is 42.6 Å². The van der Waals surface area contributed by atoms with Crippen molar-refractivity contribution < 1.29 is 22.4 Å².